The van der Waals surface area contributed by atoms with E-state index in [0.29, 0.717) is 5.69 Å². The van der Waals surface area contributed by atoms with Gasteiger partial charge in [0, 0.05) is 44.0 Å². The van der Waals surface area contributed by atoms with Crippen LogP contribution in [0.4, 0.5) is 0 Å². The number of carbonyl (C=O) groups excluding carboxylic acids is 1. The van der Waals surface area contributed by atoms with Crippen LogP contribution in [0.1, 0.15) is 23.3 Å². The normalized spacial score (nSPS) is 28.0. The molecule has 2 fully saturated rings. The minimum absolute atomic E-state index is 0.0464. The summed E-state index contributed by atoms with van der Waals surface area (Å²) in [7, 11) is 1.95. The first kappa shape index (κ1) is 12.8. The number of amides is 1. The van der Waals surface area contributed by atoms with Crippen molar-refractivity contribution in [2.75, 3.05) is 19.6 Å². The molecule has 3 atom stereocenters. The lowest BCUT2D eigenvalue weighted by Crippen LogP contribution is -2.47. The van der Waals surface area contributed by atoms with Crippen LogP contribution < -0.4 is 5.32 Å². The third-order valence-corrected chi connectivity index (χ3v) is 4.80. The molecule has 2 saturated heterocycles. The topological polar surface area (TPSA) is 50.2 Å². The van der Waals surface area contributed by atoms with Gasteiger partial charge in [-0.25, -0.2) is 4.98 Å². The Kier molecular flexibility index (Phi) is 2.96. The quantitative estimate of drug-likeness (QED) is 0.907. The summed E-state index contributed by atoms with van der Waals surface area (Å²) in [4.78, 5) is 19.4. The van der Waals surface area contributed by atoms with E-state index in [-0.39, 0.29) is 11.9 Å². The van der Waals surface area contributed by atoms with E-state index in [1.54, 1.807) is 6.20 Å². The zero-order chi connectivity index (χ0) is 14.4. The number of hydrogen-bond donors (Lipinski definition) is 1. The molecular weight excluding hydrogens is 264 g/mol. The molecule has 2 aliphatic rings. The standard InChI is InChI=1S/C16H20N4O/c1-19-6-4-12-2-5-17-14(15(12)19)16(21)18-13-8-11-3-7-20(9-11)10-13/h2,4-6,11,13H,3,7-10H2,1H3,(H,18,21)/t11-,13-/m1/s1. The molecule has 5 heteroatoms. The molecule has 4 rings (SSSR count). The van der Waals surface area contributed by atoms with Crippen LogP contribution in [0.5, 0.6) is 0 Å². The maximum atomic E-state index is 12.6. The number of pyridine rings is 1. The van der Waals surface area contributed by atoms with Crippen LogP contribution in [0.2, 0.25) is 0 Å². The van der Waals surface area contributed by atoms with Crippen molar-refractivity contribution in [3.63, 3.8) is 0 Å². The lowest BCUT2D eigenvalue weighted by Gasteiger charge is -2.30. The van der Waals surface area contributed by atoms with E-state index in [0.717, 1.165) is 29.8 Å². The summed E-state index contributed by atoms with van der Waals surface area (Å²) < 4.78 is 1.96. The average molecular weight is 284 g/mol. The Hall–Kier alpha value is -1.88. The molecule has 2 aliphatic heterocycles. The molecule has 2 aromatic rings. The van der Waals surface area contributed by atoms with Gasteiger partial charge in [0.25, 0.3) is 5.91 Å². The van der Waals surface area contributed by atoms with Crippen molar-refractivity contribution < 1.29 is 4.79 Å². The number of nitrogens with zero attached hydrogens (tertiary/aromatic N) is 3. The third-order valence-electron chi connectivity index (χ3n) is 4.80. The van der Waals surface area contributed by atoms with Gasteiger partial charge in [-0.1, -0.05) is 0 Å². The van der Waals surface area contributed by atoms with Gasteiger partial charge in [0.05, 0.1) is 5.52 Å². The monoisotopic (exact) mass is 284 g/mol. The van der Waals surface area contributed by atoms with Crippen molar-refractivity contribution in [2.24, 2.45) is 13.0 Å². The van der Waals surface area contributed by atoms with Crippen molar-refractivity contribution in [1.82, 2.24) is 19.8 Å². The van der Waals surface area contributed by atoms with E-state index in [2.05, 4.69) is 15.2 Å². The van der Waals surface area contributed by atoms with E-state index in [1.165, 1.54) is 19.5 Å². The zero-order valence-electron chi connectivity index (χ0n) is 12.2. The van der Waals surface area contributed by atoms with Crippen LogP contribution >= 0.6 is 0 Å². The van der Waals surface area contributed by atoms with Crippen LogP contribution in [0.25, 0.3) is 10.9 Å². The van der Waals surface area contributed by atoms with Gasteiger partial charge in [0.2, 0.25) is 0 Å². The Bertz CT molecular complexity index is 681. The number of nitrogens with one attached hydrogen (secondary N) is 1. The first-order chi connectivity index (χ1) is 10.2. The Labute approximate surface area is 123 Å². The first-order valence-corrected chi connectivity index (χ1v) is 7.64. The molecule has 2 bridgehead atoms. The summed E-state index contributed by atoms with van der Waals surface area (Å²) in [6.45, 7) is 3.37. The second-order valence-corrected chi connectivity index (χ2v) is 6.34. The Morgan fingerprint density at radius 3 is 3.14 bits per heavy atom. The number of fused-ring (bicyclic) bond motifs is 3. The maximum Gasteiger partial charge on any atom is 0.272 e. The molecule has 0 radical (unpaired) electrons. The van der Waals surface area contributed by atoms with Gasteiger partial charge in [-0.2, -0.15) is 0 Å². The smallest absolute Gasteiger partial charge is 0.272 e. The number of carbonyl (C=O) groups is 1. The van der Waals surface area contributed by atoms with Crippen LogP contribution in [0, 0.1) is 5.92 Å². The number of piperidine rings is 1. The maximum absolute atomic E-state index is 12.6. The molecule has 1 amide bonds. The molecule has 1 unspecified atom stereocenters. The van der Waals surface area contributed by atoms with E-state index >= 15 is 0 Å². The molecule has 110 valence electrons. The van der Waals surface area contributed by atoms with Gasteiger partial charge >= 0.3 is 0 Å². The molecule has 0 saturated carbocycles. The molecule has 4 heterocycles. The Morgan fingerprint density at radius 1 is 1.38 bits per heavy atom. The Morgan fingerprint density at radius 2 is 2.29 bits per heavy atom. The second-order valence-electron chi connectivity index (χ2n) is 6.34. The van der Waals surface area contributed by atoms with Crippen LogP contribution in [-0.2, 0) is 7.05 Å². The molecule has 21 heavy (non-hydrogen) atoms. The summed E-state index contributed by atoms with van der Waals surface area (Å²) in [5, 5.41) is 4.25. The summed E-state index contributed by atoms with van der Waals surface area (Å²) in [5.74, 6) is 0.706. The van der Waals surface area contributed by atoms with Gasteiger partial charge in [-0.15, -0.1) is 0 Å². The molecule has 0 aliphatic carbocycles. The largest absolute Gasteiger partial charge is 0.349 e. The molecular formula is C16H20N4O. The van der Waals surface area contributed by atoms with Crippen molar-refractivity contribution in [3.8, 4) is 0 Å². The van der Waals surface area contributed by atoms with Crippen molar-refractivity contribution >= 4 is 16.8 Å². The average Bonchev–Trinajstić information content (AvgIpc) is 3.02. The fraction of sp³-hybridized carbons (Fsp3) is 0.500. The van der Waals surface area contributed by atoms with Gasteiger partial charge < -0.3 is 14.8 Å². The fourth-order valence-electron chi connectivity index (χ4n) is 3.82. The molecule has 2 aromatic heterocycles. The second kappa shape index (κ2) is 4.84. The molecule has 0 aromatic carbocycles. The van der Waals surface area contributed by atoms with Gasteiger partial charge in [-0.3, -0.25) is 4.79 Å². The Balaban J connectivity index is 1.58. The fourth-order valence-corrected chi connectivity index (χ4v) is 3.82. The van der Waals surface area contributed by atoms with E-state index in [4.69, 9.17) is 0 Å². The highest BCUT2D eigenvalue weighted by molar-refractivity contribution is 6.04. The molecule has 1 N–H and O–H groups in total. The minimum Gasteiger partial charge on any atom is -0.349 e. The van der Waals surface area contributed by atoms with Crippen LogP contribution in [0.15, 0.2) is 24.5 Å². The van der Waals surface area contributed by atoms with Crippen molar-refractivity contribution in [1.29, 1.82) is 0 Å². The zero-order valence-corrected chi connectivity index (χ0v) is 12.2. The number of aryl methyl sites for hydroxylation is 1. The highest BCUT2D eigenvalue weighted by Crippen LogP contribution is 2.27. The number of aromatic nitrogens is 2. The van der Waals surface area contributed by atoms with Gasteiger partial charge in [0.1, 0.15) is 0 Å². The lowest BCUT2D eigenvalue weighted by molar-refractivity contribution is 0.0906. The van der Waals surface area contributed by atoms with E-state index in [1.807, 2.05) is 29.9 Å². The van der Waals surface area contributed by atoms with Crippen LogP contribution in [-0.4, -0.2) is 46.0 Å². The SMILES string of the molecule is Cn1ccc2ccnc(C(=O)N[C@@H]3C[C@H]4CCN(C4)C3)c21. The predicted octanol–water partition coefficient (Wildman–Crippen LogP) is 1.40. The highest BCUT2D eigenvalue weighted by atomic mass is 16.2. The van der Waals surface area contributed by atoms with Crippen molar-refractivity contribution in [2.45, 2.75) is 18.9 Å². The van der Waals surface area contributed by atoms with Crippen LogP contribution in [0.3, 0.4) is 0 Å². The van der Waals surface area contributed by atoms with E-state index < -0.39 is 0 Å². The first-order valence-electron chi connectivity index (χ1n) is 7.64. The van der Waals surface area contributed by atoms with E-state index in [9.17, 15) is 4.79 Å². The summed E-state index contributed by atoms with van der Waals surface area (Å²) in [6.07, 6.45) is 6.06. The number of rotatable bonds is 2. The van der Waals surface area contributed by atoms with Crippen molar-refractivity contribution in [3.05, 3.63) is 30.2 Å². The highest BCUT2D eigenvalue weighted by Gasteiger charge is 2.33. The van der Waals surface area contributed by atoms with Gasteiger partial charge in [-0.05, 0) is 37.4 Å². The molecule has 5 nitrogen and oxygen atoms in total. The lowest BCUT2D eigenvalue weighted by atomic mass is 9.97. The van der Waals surface area contributed by atoms with Gasteiger partial charge in [0.15, 0.2) is 5.69 Å². The third kappa shape index (κ3) is 2.21. The minimum atomic E-state index is -0.0464. The molecule has 0 spiro atoms. The predicted molar refractivity (Wildman–Crippen MR) is 81.1 cm³/mol. The summed E-state index contributed by atoms with van der Waals surface area (Å²) >= 11 is 0. The number of hydrogen-bond acceptors (Lipinski definition) is 3. The summed E-state index contributed by atoms with van der Waals surface area (Å²) in [5.41, 5.74) is 1.45. The summed E-state index contributed by atoms with van der Waals surface area (Å²) in [6, 6.07) is 4.22.